The quantitative estimate of drug-likeness (QED) is 0.487. The number of aromatic nitrogens is 2. The highest BCUT2D eigenvalue weighted by Crippen LogP contribution is 2.29. The summed E-state index contributed by atoms with van der Waals surface area (Å²) in [5.41, 5.74) is 6.04. The lowest BCUT2D eigenvalue weighted by Crippen LogP contribution is -2.06. The van der Waals surface area contributed by atoms with Crippen molar-refractivity contribution in [3.05, 3.63) is 65.2 Å². The summed E-state index contributed by atoms with van der Waals surface area (Å²) >= 11 is 0. The molecule has 6 nitrogen and oxygen atoms in total. The lowest BCUT2D eigenvalue weighted by molar-refractivity contribution is -0.137. The van der Waals surface area contributed by atoms with Crippen molar-refractivity contribution in [2.24, 2.45) is 0 Å². The summed E-state index contributed by atoms with van der Waals surface area (Å²) in [6, 6.07) is 17.5. The minimum Gasteiger partial charge on any atom is -0.490 e. The van der Waals surface area contributed by atoms with Gasteiger partial charge in [-0.05, 0) is 74.6 Å². The highest BCUT2D eigenvalue weighted by atomic mass is 16.5. The molecule has 0 fully saturated rings. The van der Waals surface area contributed by atoms with E-state index in [-0.39, 0.29) is 12.5 Å². The average Bonchev–Trinajstić information content (AvgIpc) is 2.78. The summed E-state index contributed by atoms with van der Waals surface area (Å²) in [5, 5.41) is 27.2. The first-order valence-electron chi connectivity index (χ1n) is 10.8. The predicted octanol–water partition coefficient (Wildman–Crippen LogP) is 5.44. The molecule has 0 saturated heterocycles. The van der Waals surface area contributed by atoms with Gasteiger partial charge < -0.3 is 9.84 Å². The summed E-state index contributed by atoms with van der Waals surface area (Å²) in [5.74, 6) is -0.216. The molecule has 0 amide bonds. The molecule has 0 atom stereocenters. The first-order valence-corrected chi connectivity index (χ1v) is 10.8. The Kier molecular flexibility index (Phi) is 7.56. The summed E-state index contributed by atoms with van der Waals surface area (Å²) in [6.07, 6.45) is 2.29. The fourth-order valence-electron chi connectivity index (χ4n) is 3.72. The van der Waals surface area contributed by atoms with Crippen LogP contribution in [0.25, 0.3) is 22.5 Å². The Morgan fingerprint density at radius 3 is 2.50 bits per heavy atom. The zero-order valence-electron chi connectivity index (χ0n) is 18.6. The largest absolute Gasteiger partial charge is 0.490 e. The van der Waals surface area contributed by atoms with E-state index in [0.29, 0.717) is 23.4 Å². The zero-order chi connectivity index (χ0) is 23.1. The zero-order valence-corrected chi connectivity index (χ0v) is 18.6. The maximum atomic E-state index is 10.8. The van der Waals surface area contributed by atoms with Crippen LogP contribution in [0.1, 0.15) is 50.3 Å². The molecule has 1 aromatic heterocycles. The van der Waals surface area contributed by atoms with Crippen LogP contribution in [0.2, 0.25) is 0 Å². The van der Waals surface area contributed by atoms with Gasteiger partial charge in [-0.2, -0.15) is 5.26 Å². The predicted molar refractivity (Wildman–Crippen MR) is 123 cm³/mol. The van der Waals surface area contributed by atoms with Crippen molar-refractivity contribution in [2.75, 3.05) is 0 Å². The number of aliphatic carboxylic acids is 1. The number of carboxylic acids is 1. The third-order valence-corrected chi connectivity index (χ3v) is 5.16. The Balaban J connectivity index is 1.87. The molecule has 1 heterocycles. The molecule has 164 valence electrons. The Morgan fingerprint density at radius 2 is 1.88 bits per heavy atom. The number of hydrogen-bond donors (Lipinski definition) is 1. The fraction of sp³-hybridized carbons (Fsp3) is 0.308. The van der Waals surface area contributed by atoms with E-state index >= 15 is 0 Å². The molecule has 32 heavy (non-hydrogen) atoms. The number of hydrogen-bond acceptors (Lipinski definition) is 5. The molecule has 0 aliphatic rings. The van der Waals surface area contributed by atoms with E-state index < -0.39 is 5.97 Å². The molecule has 0 aliphatic carbocycles. The monoisotopic (exact) mass is 429 g/mol. The van der Waals surface area contributed by atoms with Crippen molar-refractivity contribution in [1.29, 1.82) is 5.26 Å². The molecule has 0 radical (unpaired) electrons. The van der Waals surface area contributed by atoms with Crippen LogP contribution in [0.3, 0.4) is 0 Å². The second kappa shape index (κ2) is 10.5. The number of benzene rings is 2. The highest BCUT2D eigenvalue weighted by molar-refractivity contribution is 5.69. The van der Waals surface area contributed by atoms with Crippen molar-refractivity contribution < 1.29 is 14.6 Å². The second-order valence-electron chi connectivity index (χ2n) is 7.84. The third kappa shape index (κ3) is 5.50. The van der Waals surface area contributed by atoms with Crippen LogP contribution in [0.5, 0.6) is 5.75 Å². The Morgan fingerprint density at radius 1 is 1.12 bits per heavy atom. The average molecular weight is 430 g/mol. The van der Waals surface area contributed by atoms with Gasteiger partial charge in [0.25, 0.3) is 0 Å². The lowest BCUT2D eigenvalue weighted by Gasteiger charge is -2.13. The first-order chi connectivity index (χ1) is 15.4. The third-order valence-electron chi connectivity index (χ3n) is 5.16. The van der Waals surface area contributed by atoms with E-state index in [0.717, 1.165) is 35.2 Å². The number of aryl methyl sites for hydroxylation is 1. The Bertz CT molecular complexity index is 1130. The molecule has 2 aromatic carbocycles. The van der Waals surface area contributed by atoms with Crippen molar-refractivity contribution in [1.82, 2.24) is 10.2 Å². The van der Waals surface area contributed by atoms with Crippen LogP contribution >= 0.6 is 0 Å². The van der Waals surface area contributed by atoms with Crippen LogP contribution in [0.15, 0.2) is 48.5 Å². The van der Waals surface area contributed by atoms with E-state index in [2.05, 4.69) is 29.3 Å². The summed E-state index contributed by atoms with van der Waals surface area (Å²) in [4.78, 5) is 10.8. The van der Waals surface area contributed by atoms with E-state index in [1.807, 2.05) is 44.2 Å². The molecule has 0 saturated carbocycles. The SMILES string of the molecule is CCc1c(CCCC(=O)O)cccc1-c1ccc(-c2ccc(OC(C)C)c(C#N)c2)nn1. The first kappa shape index (κ1) is 23.0. The second-order valence-corrected chi connectivity index (χ2v) is 7.84. The smallest absolute Gasteiger partial charge is 0.303 e. The number of carboxylic acid groups (broad SMARTS) is 1. The van der Waals surface area contributed by atoms with Gasteiger partial charge in [-0.1, -0.05) is 25.1 Å². The van der Waals surface area contributed by atoms with Crippen LogP contribution in [0.4, 0.5) is 0 Å². The van der Waals surface area contributed by atoms with Crippen LogP contribution in [-0.2, 0) is 17.6 Å². The molecule has 1 N–H and O–H groups in total. The molecule has 0 bridgehead atoms. The van der Waals surface area contributed by atoms with Gasteiger partial charge in [0.05, 0.1) is 23.1 Å². The molecular formula is C26H27N3O3. The van der Waals surface area contributed by atoms with Crippen LogP contribution in [-0.4, -0.2) is 27.4 Å². The van der Waals surface area contributed by atoms with Crippen molar-refractivity contribution in [3.8, 4) is 34.3 Å². The number of carbonyl (C=O) groups is 1. The molecule has 0 spiro atoms. The number of nitriles is 1. The number of rotatable bonds is 9. The van der Waals surface area contributed by atoms with Gasteiger partial charge >= 0.3 is 5.97 Å². The van der Waals surface area contributed by atoms with Gasteiger partial charge in [-0.15, -0.1) is 10.2 Å². The highest BCUT2D eigenvalue weighted by Gasteiger charge is 2.13. The maximum Gasteiger partial charge on any atom is 0.303 e. The topological polar surface area (TPSA) is 96.1 Å². The standard InChI is InChI=1S/C26H27N3O3/c1-4-21-18(8-6-10-26(30)31)7-5-9-22(21)24-13-12-23(28-29-24)19-11-14-25(32-17(2)3)20(15-19)16-27/h5,7,9,11-15,17H,4,6,8,10H2,1-3H3,(H,30,31). The van der Waals surface area contributed by atoms with Crippen molar-refractivity contribution >= 4 is 5.97 Å². The summed E-state index contributed by atoms with van der Waals surface area (Å²) < 4.78 is 5.69. The van der Waals surface area contributed by atoms with Gasteiger partial charge in [-0.25, -0.2) is 0 Å². The van der Waals surface area contributed by atoms with Crippen molar-refractivity contribution in [2.45, 2.75) is 52.6 Å². The summed E-state index contributed by atoms with van der Waals surface area (Å²) in [7, 11) is 0. The molecular weight excluding hydrogens is 402 g/mol. The van der Waals surface area contributed by atoms with E-state index in [9.17, 15) is 10.1 Å². The van der Waals surface area contributed by atoms with Gasteiger partial charge in [0.2, 0.25) is 0 Å². The van der Waals surface area contributed by atoms with E-state index in [4.69, 9.17) is 9.84 Å². The van der Waals surface area contributed by atoms with Crippen LogP contribution in [0, 0.1) is 11.3 Å². The van der Waals surface area contributed by atoms with Gasteiger partial charge in [0.15, 0.2) is 0 Å². The maximum absolute atomic E-state index is 10.8. The molecule has 3 rings (SSSR count). The van der Waals surface area contributed by atoms with E-state index in [1.54, 1.807) is 12.1 Å². The minimum absolute atomic E-state index is 0.0142. The molecule has 0 aliphatic heterocycles. The normalized spacial score (nSPS) is 10.7. The van der Waals surface area contributed by atoms with Gasteiger partial charge in [0, 0.05) is 17.5 Å². The minimum atomic E-state index is -0.774. The number of nitrogens with zero attached hydrogens (tertiary/aromatic N) is 3. The Hall–Kier alpha value is -3.72. The summed E-state index contributed by atoms with van der Waals surface area (Å²) in [6.45, 7) is 5.93. The van der Waals surface area contributed by atoms with Crippen LogP contribution < -0.4 is 4.74 Å². The van der Waals surface area contributed by atoms with Gasteiger partial charge in [-0.3, -0.25) is 4.79 Å². The molecule has 3 aromatic rings. The molecule has 0 unspecified atom stereocenters. The lowest BCUT2D eigenvalue weighted by atomic mass is 9.93. The Labute approximate surface area is 188 Å². The van der Waals surface area contributed by atoms with Crippen molar-refractivity contribution in [3.63, 3.8) is 0 Å². The number of ether oxygens (including phenoxy) is 1. The fourth-order valence-corrected chi connectivity index (χ4v) is 3.72. The van der Waals surface area contributed by atoms with E-state index in [1.165, 1.54) is 5.56 Å². The molecule has 6 heteroatoms. The van der Waals surface area contributed by atoms with Gasteiger partial charge in [0.1, 0.15) is 11.8 Å².